The van der Waals surface area contributed by atoms with E-state index in [1.807, 2.05) is 41.8 Å². The summed E-state index contributed by atoms with van der Waals surface area (Å²) in [4.78, 5) is 16.1. The Morgan fingerprint density at radius 3 is 2.32 bits per heavy atom. The maximum Gasteiger partial charge on any atom is 0.187 e. The van der Waals surface area contributed by atoms with Gasteiger partial charge in [0.15, 0.2) is 10.9 Å². The lowest BCUT2D eigenvalue weighted by molar-refractivity contribution is 0.101. The third kappa shape index (κ3) is 3.72. The van der Waals surface area contributed by atoms with E-state index in [1.165, 1.54) is 0 Å². The first-order chi connectivity index (χ1) is 12.0. The van der Waals surface area contributed by atoms with Crippen LogP contribution in [0.15, 0.2) is 41.8 Å². The van der Waals surface area contributed by atoms with Gasteiger partial charge in [-0.1, -0.05) is 0 Å². The van der Waals surface area contributed by atoms with Gasteiger partial charge in [0.1, 0.15) is 5.75 Å². The maximum atomic E-state index is 11.3. The lowest BCUT2D eigenvalue weighted by Crippen LogP contribution is -1.94. The van der Waals surface area contributed by atoms with Crippen molar-refractivity contribution in [2.75, 3.05) is 12.4 Å². The topological polar surface area (TPSA) is 51.2 Å². The Labute approximate surface area is 151 Å². The molecule has 128 valence electrons. The number of methoxy groups -OCH3 is 1. The SMILES string of the molecule is COc1cc(C)c(-c2csc(Nc3ccc(C(C)=O)cc3)n2)c(C)c1. The van der Waals surface area contributed by atoms with Gasteiger partial charge in [-0.2, -0.15) is 0 Å². The number of nitrogens with zero attached hydrogens (tertiary/aromatic N) is 1. The molecule has 1 heterocycles. The van der Waals surface area contributed by atoms with E-state index in [0.29, 0.717) is 5.56 Å². The van der Waals surface area contributed by atoms with Crippen LogP contribution in [-0.4, -0.2) is 17.9 Å². The predicted molar refractivity (Wildman–Crippen MR) is 103 cm³/mol. The molecule has 0 fully saturated rings. The minimum absolute atomic E-state index is 0.0635. The number of Topliss-reactive ketones (excluding diaryl/α,β-unsaturated/α-hetero) is 1. The van der Waals surface area contributed by atoms with E-state index in [2.05, 4.69) is 19.2 Å². The fraction of sp³-hybridized carbons (Fsp3) is 0.200. The first-order valence-corrected chi connectivity index (χ1v) is 8.85. The molecule has 3 rings (SSSR count). The van der Waals surface area contributed by atoms with Crippen LogP contribution in [0.25, 0.3) is 11.3 Å². The Morgan fingerprint density at radius 2 is 1.76 bits per heavy atom. The molecule has 3 aromatic rings. The van der Waals surface area contributed by atoms with Crippen molar-refractivity contribution in [3.63, 3.8) is 0 Å². The van der Waals surface area contributed by atoms with Crippen molar-refractivity contribution in [2.24, 2.45) is 0 Å². The Bertz CT molecular complexity index is 891. The molecule has 0 aliphatic rings. The summed E-state index contributed by atoms with van der Waals surface area (Å²) in [5.41, 5.74) is 5.98. The molecule has 0 unspecified atom stereocenters. The molecular weight excluding hydrogens is 332 g/mol. The zero-order valence-electron chi connectivity index (χ0n) is 14.7. The zero-order valence-corrected chi connectivity index (χ0v) is 15.5. The minimum atomic E-state index is 0.0635. The number of aromatic nitrogens is 1. The van der Waals surface area contributed by atoms with E-state index in [-0.39, 0.29) is 5.78 Å². The number of hydrogen-bond acceptors (Lipinski definition) is 5. The monoisotopic (exact) mass is 352 g/mol. The molecule has 0 amide bonds. The van der Waals surface area contributed by atoms with E-state index in [0.717, 1.165) is 39.0 Å². The summed E-state index contributed by atoms with van der Waals surface area (Å²) in [5.74, 6) is 0.923. The molecule has 1 aromatic heterocycles. The molecular formula is C20H20N2O2S. The van der Waals surface area contributed by atoms with Crippen molar-refractivity contribution in [1.29, 1.82) is 0 Å². The largest absolute Gasteiger partial charge is 0.497 e. The number of hydrogen-bond donors (Lipinski definition) is 1. The van der Waals surface area contributed by atoms with Gasteiger partial charge in [0.2, 0.25) is 0 Å². The van der Waals surface area contributed by atoms with Crippen LogP contribution in [0.5, 0.6) is 5.75 Å². The van der Waals surface area contributed by atoms with Gasteiger partial charge in [-0.15, -0.1) is 11.3 Å². The van der Waals surface area contributed by atoms with Gasteiger partial charge in [0.05, 0.1) is 12.8 Å². The van der Waals surface area contributed by atoms with Gasteiger partial charge in [0, 0.05) is 22.2 Å². The number of thiazole rings is 1. The van der Waals surface area contributed by atoms with Gasteiger partial charge in [-0.25, -0.2) is 4.98 Å². The van der Waals surface area contributed by atoms with Gasteiger partial charge in [-0.05, 0) is 68.3 Å². The molecule has 25 heavy (non-hydrogen) atoms. The van der Waals surface area contributed by atoms with Crippen molar-refractivity contribution < 1.29 is 9.53 Å². The van der Waals surface area contributed by atoms with Crippen LogP contribution < -0.4 is 10.1 Å². The Morgan fingerprint density at radius 1 is 1.12 bits per heavy atom. The third-order valence-corrected chi connectivity index (χ3v) is 4.80. The van der Waals surface area contributed by atoms with Crippen LogP contribution >= 0.6 is 11.3 Å². The van der Waals surface area contributed by atoms with Gasteiger partial charge in [0.25, 0.3) is 0 Å². The molecule has 4 nitrogen and oxygen atoms in total. The number of carbonyl (C=O) groups is 1. The second-order valence-electron chi connectivity index (χ2n) is 5.93. The van der Waals surface area contributed by atoms with Crippen molar-refractivity contribution in [3.8, 4) is 17.0 Å². The summed E-state index contributed by atoms with van der Waals surface area (Å²) in [7, 11) is 1.68. The molecule has 5 heteroatoms. The smallest absolute Gasteiger partial charge is 0.187 e. The molecule has 0 spiro atoms. The number of benzene rings is 2. The average molecular weight is 352 g/mol. The maximum absolute atomic E-state index is 11.3. The van der Waals surface area contributed by atoms with Crippen LogP contribution in [0.2, 0.25) is 0 Å². The summed E-state index contributed by atoms with van der Waals surface area (Å²) in [6.07, 6.45) is 0. The van der Waals surface area contributed by atoms with Gasteiger partial charge in [-0.3, -0.25) is 4.79 Å². The van der Waals surface area contributed by atoms with Crippen LogP contribution in [0.3, 0.4) is 0 Å². The van der Waals surface area contributed by atoms with E-state index in [9.17, 15) is 4.79 Å². The minimum Gasteiger partial charge on any atom is -0.497 e. The van der Waals surface area contributed by atoms with Crippen molar-refractivity contribution in [1.82, 2.24) is 4.98 Å². The van der Waals surface area contributed by atoms with Crippen LogP contribution in [-0.2, 0) is 0 Å². The highest BCUT2D eigenvalue weighted by atomic mass is 32.1. The van der Waals surface area contributed by atoms with Gasteiger partial charge >= 0.3 is 0 Å². The summed E-state index contributed by atoms with van der Waals surface area (Å²) in [6, 6.07) is 11.5. The molecule has 0 atom stereocenters. The number of rotatable bonds is 5. The van der Waals surface area contributed by atoms with E-state index >= 15 is 0 Å². The number of anilines is 2. The standard InChI is InChI=1S/C20H20N2O2S/c1-12-9-17(24-4)10-13(2)19(12)18-11-25-20(22-18)21-16-7-5-15(6-8-16)14(3)23/h5-11H,1-4H3,(H,21,22). The first kappa shape index (κ1) is 17.2. The van der Waals surface area contributed by atoms with E-state index in [1.54, 1.807) is 25.4 Å². The number of ether oxygens (including phenoxy) is 1. The van der Waals surface area contributed by atoms with Crippen LogP contribution in [0.1, 0.15) is 28.4 Å². The third-order valence-electron chi connectivity index (χ3n) is 4.04. The fourth-order valence-electron chi connectivity index (χ4n) is 2.80. The van der Waals surface area contributed by atoms with E-state index < -0.39 is 0 Å². The van der Waals surface area contributed by atoms with Crippen molar-refractivity contribution in [2.45, 2.75) is 20.8 Å². The molecule has 1 N–H and O–H groups in total. The number of aryl methyl sites for hydroxylation is 2. The zero-order chi connectivity index (χ0) is 18.0. The lowest BCUT2D eigenvalue weighted by atomic mass is 10.0. The summed E-state index contributed by atoms with van der Waals surface area (Å²) in [6.45, 7) is 5.70. The van der Waals surface area contributed by atoms with Crippen LogP contribution in [0.4, 0.5) is 10.8 Å². The Kier molecular flexibility index (Phi) is 4.86. The summed E-state index contributed by atoms with van der Waals surface area (Å²) >= 11 is 1.56. The van der Waals surface area contributed by atoms with Crippen molar-refractivity contribution in [3.05, 3.63) is 58.5 Å². The Hall–Kier alpha value is -2.66. The lowest BCUT2D eigenvalue weighted by Gasteiger charge is -2.10. The molecule has 0 bridgehead atoms. The van der Waals surface area contributed by atoms with Gasteiger partial charge < -0.3 is 10.1 Å². The predicted octanol–water partition coefficient (Wildman–Crippen LogP) is 5.38. The molecule has 0 saturated carbocycles. The second-order valence-corrected chi connectivity index (χ2v) is 6.79. The highest BCUT2D eigenvalue weighted by molar-refractivity contribution is 7.14. The number of ketones is 1. The van der Waals surface area contributed by atoms with Crippen LogP contribution in [0, 0.1) is 13.8 Å². The normalized spacial score (nSPS) is 10.6. The number of carbonyl (C=O) groups excluding carboxylic acids is 1. The molecule has 0 radical (unpaired) electrons. The summed E-state index contributed by atoms with van der Waals surface area (Å²) in [5, 5.41) is 6.16. The summed E-state index contributed by atoms with van der Waals surface area (Å²) < 4.78 is 5.32. The molecule has 0 aliphatic carbocycles. The molecule has 0 aliphatic heterocycles. The first-order valence-electron chi connectivity index (χ1n) is 7.97. The highest BCUT2D eigenvalue weighted by Gasteiger charge is 2.12. The highest BCUT2D eigenvalue weighted by Crippen LogP contribution is 2.33. The average Bonchev–Trinajstić information content (AvgIpc) is 3.02. The number of nitrogens with one attached hydrogen (secondary N) is 1. The second kappa shape index (κ2) is 7.07. The van der Waals surface area contributed by atoms with E-state index in [4.69, 9.17) is 9.72 Å². The molecule has 0 saturated heterocycles. The quantitative estimate of drug-likeness (QED) is 0.626. The van der Waals surface area contributed by atoms with Crippen molar-refractivity contribution >= 4 is 27.9 Å². The Balaban J connectivity index is 1.84. The fourth-order valence-corrected chi connectivity index (χ4v) is 3.53. The molecule has 2 aromatic carbocycles.